The van der Waals surface area contributed by atoms with Crippen molar-refractivity contribution in [1.82, 2.24) is 9.71 Å². The van der Waals surface area contributed by atoms with E-state index in [1.54, 1.807) is 0 Å². The van der Waals surface area contributed by atoms with Gasteiger partial charge < -0.3 is 5.73 Å². The van der Waals surface area contributed by atoms with Gasteiger partial charge in [-0.1, -0.05) is 38.4 Å². The Bertz CT molecular complexity index is 599. The van der Waals surface area contributed by atoms with Gasteiger partial charge in [0.1, 0.15) is 9.88 Å². The summed E-state index contributed by atoms with van der Waals surface area (Å²) in [5.41, 5.74) is 5.89. The standard InChI is InChI=1S/C14H21N3O2S2/c1-2-10-5-3-4-6-12(10)17-21(18,19)11-7-8-13(14(15)20)16-9-11/h7-10,12,17H,2-6H2,1H3,(H2,15,20). The van der Waals surface area contributed by atoms with Crippen LogP contribution >= 0.6 is 12.2 Å². The quantitative estimate of drug-likeness (QED) is 0.808. The Hall–Kier alpha value is -1.05. The van der Waals surface area contributed by atoms with Crippen molar-refractivity contribution in [1.29, 1.82) is 0 Å². The second-order valence-electron chi connectivity index (χ2n) is 5.42. The third-order valence-electron chi connectivity index (χ3n) is 4.04. The maximum Gasteiger partial charge on any atom is 0.242 e. The lowest BCUT2D eigenvalue weighted by Gasteiger charge is -2.31. The summed E-state index contributed by atoms with van der Waals surface area (Å²) in [7, 11) is -3.54. The molecule has 0 spiro atoms. The summed E-state index contributed by atoms with van der Waals surface area (Å²) in [6.45, 7) is 2.11. The first-order valence-corrected chi connectivity index (χ1v) is 9.11. The third kappa shape index (κ3) is 3.99. The molecule has 1 saturated carbocycles. The minimum atomic E-state index is -3.54. The smallest absolute Gasteiger partial charge is 0.242 e. The average molecular weight is 327 g/mol. The Balaban J connectivity index is 2.15. The van der Waals surface area contributed by atoms with Crippen LogP contribution in [0.2, 0.25) is 0 Å². The summed E-state index contributed by atoms with van der Waals surface area (Å²) < 4.78 is 27.7. The van der Waals surface area contributed by atoms with E-state index in [0.29, 0.717) is 11.6 Å². The van der Waals surface area contributed by atoms with Crippen molar-refractivity contribution in [2.24, 2.45) is 11.7 Å². The number of aromatic nitrogens is 1. The minimum absolute atomic E-state index is 0.0176. The number of thiocarbonyl (C=S) groups is 1. The summed E-state index contributed by atoms with van der Waals surface area (Å²) in [6, 6.07) is 3.05. The molecule has 1 heterocycles. The molecule has 0 aliphatic heterocycles. The van der Waals surface area contributed by atoms with Crippen LogP contribution in [0.3, 0.4) is 0 Å². The van der Waals surface area contributed by atoms with Gasteiger partial charge in [0.05, 0.1) is 5.69 Å². The van der Waals surface area contributed by atoms with Crippen LogP contribution in [-0.4, -0.2) is 24.4 Å². The van der Waals surface area contributed by atoms with E-state index in [-0.39, 0.29) is 15.9 Å². The normalized spacial score (nSPS) is 22.9. The van der Waals surface area contributed by atoms with E-state index in [2.05, 4.69) is 16.6 Å². The van der Waals surface area contributed by atoms with Gasteiger partial charge in [-0.2, -0.15) is 0 Å². The zero-order chi connectivity index (χ0) is 15.5. The van der Waals surface area contributed by atoms with E-state index in [9.17, 15) is 8.42 Å². The predicted octanol–water partition coefficient (Wildman–Crippen LogP) is 1.96. The van der Waals surface area contributed by atoms with Crippen molar-refractivity contribution in [2.45, 2.75) is 50.0 Å². The van der Waals surface area contributed by atoms with Gasteiger partial charge in [-0.3, -0.25) is 4.98 Å². The lowest BCUT2D eigenvalue weighted by molar-refractivity contribution is 0.282. The lowest BCUT2D eigenvalue weighted by atomic mass is 9.83. The van der Waals surface area contributed by atoms with Crippen LogP contribution in [-0.2, 0) is 10.0 Å². The topological polar surface area (TPSA) is 85.1 Å². The van der Waals surface area contributed by atoms with Gasteiger partial charge in [-0.05, 0) is 30.9 Å². The van der Waals surface area contributed by atoms with E-state index < -0.39 is 10.0 Å². The van der Waals surface area contributed by atoms with Crippen molar-refractivity contribution < 1.29 is 8.42 Å². The second kappa shape index (κ2) is 6.81. The van der Waals surface area contributed by atoms with Crippen LogP contribution in [0, 0.1) is 5.92 Å². The highest BCUT2D eigenvalue weighted by Gasteiger charge is 2.28. The van der Waals surface area contributed by atoms with Gasteiger partial charge in [0.15, 0.2) is 0 Å². The first-order chi connectivity index (χ1) is 9.94. The molecule has 0 radical (unpaired) electrons. The Morgan fingerprint density at radius 2 is 2.14 bits per heavy atom. The molecule has 0 bridgehead atoms. The molecule has 3 N–H and O–H groups in total. The molecule has 2 rings (SSSR count). The van der Waals surface area contributed by atoms with E-state index in [1.807, 2.05) is 0 Å². The fourth-order valence-corrected chi connectivity index (χ4v) is 4.21. The third-order valence-corrected chi connectivity index (χ3v) is 5.72. The number of rotatable bonds is 5. The van der Waals surface area contributed by atoms with E-state index in [1.165, 1.54) is 24.8 Å². The molecule has 5 nitrogen and oxygen atoms in total. The molecule has 1 fully saturated rings. The summed E-state index contributed by atoms with van der Waals surface area (Å²) in [4.78, 5) is 4.30. The van der Waals surface area contributed by atoms with E-state index in [0.717, 1.165) is 25.7 Å². The molecule has 1 aliphatic rings. The zero-order valence-electron chi connectivity index (χ0n) is 12.1. The van der Waals surface area contributed by atoms with Crippen molar-refractivity contribution in [3.8, 4) is 0 Å². The molecule has 1 aromatic rings. The molecule has 1 aromatic heterocycles. The van der Waals surface area contributed by atoms with Crippen LogP contribution < -0.4 is 10.5 Å². The number of hydrogen-bond acceptors (Lipinski definition) is 4. The van der Waals surface area contributed by atoms with Crippen LogP contribution in [0.1, 0.15) is 44.7 Å². The number of pyridine rings is 1. The number of nitrogens with one attached hydrogen (secondary N) is 1. The fourth-order valence-electron chi connectivity index (χ4n) is 2.80. The second-order valence-corrected chi connectivity index (χ2v) is 7.58. The van der Waals surface area contributed by atoms with Gasteiger partial charge >= 0.3 is 0 Å². The highest BCUT2D eigenvalue weighted by atomic mass is 32.2. The first-order valence-electron chi connectivity index (χ1n) is 7.22. The van der Waals surface area contributed by atoms with Crippen LogP contribution in [0.5, 0.6) is 0 Å². The maximum atomic E-state index is 12.4. The van der Waals surface area contributed by atoms with E-state index in [4.69, 9.17) is 18.0 Å². The molecular formula is C14H21N3O2S2. The van der Waals surface area contributed by atoms with Gasteiger partial charge in [0, 0.05) is 12.2 Å². The van der Waals surface area contributed by atoms with Gasteiger partial charge in [-0.25, -0.2) is 13.1 Å². The number of hydrogen-bond donors (Lipinski definition) is 2. The molecule has 2 unspecified atom stereocenters. The Labute approximate surface area is 131 Å². The summed E-state index contributed by atoms with van der Waals surface area (Å²) in [5.74, 6) is 0.414. The van der Waals surface area contributed by atoms with Crippen molar-refractivity contribution in [3.05, 3.63) is 24.0 Å². The van der Waals surface area contributed by atoms with Crippen molar-refractivity contribution >= 4 is 27.2 Å². The predicted molar refractivity (Wildman–Crippen MR) is 86.5 cm³/mol. The summed E-state index contributed by atoms with van der Waals surface area (Å²) in [5, 5.41) is 0. The molecule has 21 heavy (non-hydrogen) atoms. The molecule has 0 amide bonds. The van der Waals surface area contributed by atoms with Crippen LogP contribution in [0.4, 0.5) is 0 Å². The molecule has 1 aliphatic carbocycles. The Morgan fingerprint density at radius 3 is 2.71 bits per heavy atom. The van der Waals surface area contributed by atoms with E-state index >= 15 is 0 Å². The van der Waals surface area contributed by atoms with Crippen molar-refractivity contribution in [3.63, 3.8) is 0 Å². The van der Waals surface area contributed by atoms with Gasteiger partial charge in [0.2, 0.25) is 10.0 Å². The van der Waals surface area contributed by atoms with Crippen LogP contribution in [0.25, 0.3) is 0 Å². The maximum absolute atomic E-state index is 12.4. The average Bonchev–Trinajstić information content (AvgIpc) is 2.47. The summed E-state index contributed by atoms with van der Waals surface area (Å²) in [6.07, 6.45) is 6.54. The fraction of sp³-hybridized carbons (Fsp3) is 0.571. The minimum Gasteiger partial charge on any atom is -0.388 e. The molecule has 7 heteroatoms. The number of nitrogens with zero attached hydrogens (tertiary/aromatic N) is 1. The molecular weight excluding hydrogens is 306 g/mol. The largest absolute Gasteiger partial charge is 0.388 e. The lowest BCUT2D eigenvalue weighted by Crippen LogP contribution is -2.41. The molecule has 0 saturated heterocycles. The zero-order valence-corrected chi connectivity index (χ0v) is 13.7. The first kappa shape index (κ1) is 16.3. The molecule has 116 valence electrons. The Morgan fingerprint density at radius 1 is 1.43 bits per heavy atom. The number of nitrogens with two attached hydrogens (primary N) is 1. The molecule has 2 atom stereocenters. The van der Waals surface area contributed by atoms with Crippen LogP contribution in [0.15, 0.2) is 23.2 Å². The molecule has 0 aromatic carbocycles. The highest BCUT2D eigenvalue weighted by molar-refractivity contribution is 7.89. The monoisotopic (exact) mass is 327 g/mol. The van der Waals surface area contributed by atoms with Crippen molar-refractivity contribution in [2.75, 3.05) is 0 Å². The highest BCUT2D eigenvalue weighted by Crippen LogP contribution is 2.28. The Kier molecular flexibility index (Phi) is 5.29. The number of sulfonamides is 1. The summed E-state index contributed by atoms with van der Waals surface area (Å²) >= 11 is 4.81. The SMILES string of the molecule is CCC1CCCCC1NS(=O)(=O)c1ccc(C(N)=S)nc1. The van der Waals surface area contributed by atoms with Gasteiger partial charge in [0.25, 0.3) is 0 Å². The van der Waals surface area contributed by atoms with Gasteiger partial charge in [-0.15, -0.1) is 0 Å².